The monoisotopic (exact) mass is 251 g/mol. The van der Waals surface area contributed by atoms with Crippen LogP contribution < -0.4 is 5.32 Å². The summed E-state index contributed by atoms with van der Waals surface area (Å²) >= 11 is 1.70. The highest BCUT2D eigenvalue weighted by atomic mass is 32.2. The van der Waals surface area contributed by atoms with Gasteiger partial charge in [0.05, 0.1) is 11.7 Å². The molecule has 1 saturated heterocycles. The van der Waals surface area contributed by atoms with Crippen LogP contribution >= 0.6 is 11.8 Å². The fourth-order valence-electron chi connectivity index (χ4n) is 1.87. The van der Waals surface area contributed by atoms with Crippen LogP contribution in [0.2, 0.25) is 0 Å². The standard InChI is InChI=1S/C13H17NO2S/c1-14-13(15)11-6-2-3-7-12(11)17-9-10-5-4-8-16-10/h2-3,6-7,10H,4-5,8-9H2,1H3,(H,14,15). The Kier molecular flexibility index (Phi) is 4.45. The number of hydrogen-bond acceptors (Lipinski definition) is 3. The predicted octanol–water partition coefficient (Wildman–Crippen LogP) is 2.32. The molecule has 1 unspecified atom stereocenters. The second kappa shape index (κ2) is 6.07. The Hall–Kier alpha value is -1.00. The molecule has 92 valence electrons. The van der Waals surface area contributed by atoms with Crippen molar-refractivity contribution in [2.75, 3.05) is 19.4 Å². The Balaban J connectivity index is 2.01. The fraction of sp³-hybridized carbons (Fsp3) is 0.462. The fourth-order valence-corrected chi connectivity index (χ4v) is 2.99. The molecule has 0 aromatic heterocycles. The first-order valence-corrected chi connectivity index (χ1v) is 6.85. The molecule has 1 aliphatic rings. The van der Waals surface area contributed by atoms with Gasteiger partial charge in [-0.15, -0.1) is 11.8 Å². The molecule has 4 heteroatoms. The SMILES string of the molecule is CNC(=O)c1ccccc1SCC1CCCO1. The molecule has 17 heavy (non-hydrogen) atoms. The molecule has 1 aliphatic heterocycles. The lowest BCUT2D eigenvalue weighted by molar-refractivity contribution is 0.0960. The minimum atomic E-state index is -0.0274. The zero-order valence-electron chi connectivity index (χ0n) is 9.94. The molecule has 1 N–H and O–H groups in total. The lowest BCUT2D eigenvalue weighted by Crippen LogP contribution is -2.18. The van der Waals surface area contributed by atoms with E-state index in [1.165, 1.54) is 0 Å². The predicted molar refractivity (Wildman–Crippen MR) is 69.5 cm³/mol. The molecule has 1 aromatic rings. The molecule has 1 amide bonds. The van der Waals surface area contributed by atoms with Gasteiger partial charge in [0, 0.05) is 24.3 Å². The molecular formula is C13H17NO2S. The van der Waals surface area contributed by atoms with Gasteiger partial charge in [0.25, 0.3) is 5.91 Å². The average molecular weight is 251 g/mol. The van der Waals surface area contributed by atoms with Crippen LogP contribution in [0.5, 0.6) is 0 Å². The Morgan fingerprint density at radius 2 is 2.35 bits per heavy atom. The van der Waals surface area contributed by atoms with E-state index in [4.69, 9.17) is 4.74 Å². The van der Waals surface area contributed by atoms with Crippen molar-refractivity contribution in [1.29, 1.82) is 0 Å². The van der Waals surface area contributed by atoms with E-state index in [0.717, 1.165) is 35.7 Å². The molecule has 1 fully saturated rings. The molecular weight excluding hydrogens is 234 g/mol. The van der Waals surface area contributed by atoms with Gasteiger partial charge in [-0.1, -0.05) is 12.1 Å². The van der Waals surface area contributed by atoms with Crippen LogP contribution in [-0.2, 0) is 4.74 Å². The minimum absolute atomic E-state index is 0.0274. The van der Waals surface area contributed by atoms with Gasteiger partial charge < -0.3 is 10.1 Å². The van der Waals surface area contributed by atoms with Gasteiger partial charge in [0.2, 0.25) is 0 Å². The number of carbonyl (C=O) groups excluding carboxylic acids is 1. The van der Waals surface area contributed by atoms with E-state index in [9.17, 15) is 4.79 Å². The Morgan fingerprint density at radius 1 is 1.53 bits per heavy atom. The zero-order chi connectivity index (χ0) is 12.1. The number of carbonyl (C=O) groups is 1. The third-order valence-corrected chi connectivity index (χ3v) is 4.01. The van der Waals surface area contributed by atoms with Crippen molar-refractivity contribution in [3.05, 3.63) is 29.8 Å². The molecule has 0 bridgehead atoms. The van der Waals surface area contributed by atoms with Crippen molar-refractivity contribution in [3.63, 3.8) is 0 Å². The van der Waals surface area contributed by atoms with E-state index in [1.54, 1.807) is 18.8 Å². The Labute approximate surface area is 106 Å². The topological polar surface area (TPSA) is 38.3 Å². The van der Waals surface area contributed by atoms with E-state index in [2.05, 4.69) is 5.32 Å². The van der Waals surface area contributed by atoms with Gasteiger partial charge in [0.1, 0.15) is 0 Å². The van der Waals surface area contributed by atoms with Gasteiger partial charge in [-0.05, 0) is 25.0 Å². The summed E-state index contributed by atoms with van der Waals surface area (Å²) in [5.74, 6) is 0.897. The number of amides is 1. The average Bonchev–Trinajstić information content (AvgIpc) is 2.89. The number of benzene rings is 1. The van der Waals surface area contributed by atoms with Crippen molar-refractivity contribution in [3.8, 4) is 0 Å². The summed E-state index contributed by atoms with van der Waals surface area (Å²) in [5.41, 5.74) is 0.748. The van der Waals surface area contributed by atoms with Crippen LogP contribution in [0.25, 0.3) is 0 Å². The summed E-state index contributed by atoms with van der Waals surface area (Å²) in [6.07, 6.45) is 2.63. The second-order valence-electron chi connectivity index (χ2n) is 4.02. The van der Waals surface area contributed by atoms with Gasteiger partial charge in [0.15, 0.2) is 0 Å². The number of hydrogen-bond donors (Lipinski definition) is 1. The number of ether oxygens (including phenoxy) is 1. The molecule has 3 nitrogen and oxygen atoms in total. The largest absolute Gasteiger partial charge is 0.377 e. The van der Waals surface area contributed by atoms with Crippen molar-refractivity contribution >= 4 is 17.7 Å². The normalized spacial score (nSPS) is 19.2. The molecule has 0 spiro atoms. The van der Waals surface area contributed by atoms with Crippen molar-refractivity contribution in [2.24, 2.45) is 0 Å². The molecule has 0 aliphatic carbocycles. The number of nitrogens with one attached hydrogen (secondary N) is 1. The van der Waals surface area contributed by atoms with Gasteiger partial charge in [-0.25, -0.2) is 0 Å². The van der Waals surface area contributed by atoms with Crippen LogP contribution in [0, 0.1) is 0 Å². The van der Waals surface area contributed by atoms with Crippen LogP contribution in [0.4, 0.5) is 0 Å². The summed E-state index contributed by atoms with van der Waals surface area (Å²) in [5, 5.41) is 2.67. The molecule has 1 atom stereocenters. The third kappa shape index (κ3) is 3.23. The van der Waals surface area contributed by atoms with Crippen molar-refractivity contribution in [2.45, 2.75) is 23.8 Å². The summed E-state index contributed by atoms with van der Waals surface area (Å²) < 4.78 is 5.58. The Bertz CT molecular complexity index is 389. The lowest BCUT2D eigenvalue weighted by atomic mass is 10.2. The van der Waals surface area contributed by atoms with Gasteiger partial charge in [-0.3, -0.25) is 4.79 Å². The van der Waals surface area contributed by atoms with E-state index in [0.29, 0.717) is 6.10 Å². The first kappa shape index (κ1) is 12.5. The van der Waals surface area contributed by atoms with Crippen molar-refractivity contribution < 1.29 is 9.53 Å². The summed E-state index contributed by atoms with van der Waals surface area (Å²) in [6, 6.07) is 7.70. The first-order chi connectivity index (χ1) is 8.31. The Morgan fingerprint density at radius 3 is 3.06 bits per heavy atom. The lowest BCUT2D eigenvalue weighted by Gasteiger charge is -2.11. The maximum Gasteiger partial charge on any atom is 0.252 e. The summed E-state index contributed by atoms with van der Waals surface area (Å²) in [4.78, 5) is 12.7. The maximum absolute atomic E-state index is 11.7. The molecule has 0 radical (unpaired) electrons. The van der Waals surface area contributed by atoms with Crippen LogP contribution in [-0.4, -0.2) is 31.4 Å². The van der Waals surface area contributed by atoms with Crippen molar-refractivity contribution in [1.82, 2.24) is 5.32 Å². The van der Waals surface area contributed by atoms with Crippen LogP contribution in [0.3, 0.4) is 0 Å². The molecule has 2 rings (SSSR count). The molecule has 0 saturated carbocycles. The highest BCUT2D eigenvalue weighted by Crippen LogP contribution is 2.26. The third-order valence-electron chi connectivity index (χ3n) is 2.81. The van der Waals surface area contributed by atoms with E-state index in [1.807, 2.05) is 24.3 Å². The van der Waals surface area contributed by atoms with Crippen LogP contribution in [0.1, 0.15) is 23.2 Å². The van der Waals surface area contributed by atoms with Gasteiger partial charge in [-0.2, -0.15) is 0 Å². The summed E-state index contributed by atoms with van der Waals surface area (Å²) in [7, 11) is 1.66. The quantitative estimate of drug-likeness (QED) is 0.835. The highest BCUT2D eigenvalue weighted by molar-refractivity contribution is 7.99. The molecule has 1 heterocycles. The first-order valence-electron chi connectivity index (χ1n) is 5.87. The minimum Gasteiger partial charge on any atom is -0.377 e. The number of rotatable bonds is 4. The smallest absolute Gasteiger partial charge is 0.252 e. The maximum atomic E-state index is 11.7. The van der Waals surface area contributed by atoms with Gasteiger partial charge >= 0.3 is 0 Å². The van der Waals surface area contributed by atoms with Crippen LogP contribution in [0.15, 0.2) is 29.2 Å². The zero-order valence-corrected chi connectivity index (χ0v) is 10.8. The second-order valence-corrected chi connectivity index (χ2v) is 5.08. The summed E-state index contributed by atoms with van der Waals surface area (Å²) in [6.45, 7) is 0.877. The number of thioether (sulfide) groups is 1. The van der Waals surface area contributed by atoms with E-state index < -0.39 is 0 Å². The molecule has 1 aromatic carbocycles. The highest BCUT2D eigenvalue weighted by Gasteiger charge is 2.17. The van der Waals surface area contributed by atoms with E-state index in [-0.39, 0.29) is 5.91 Å². The van der Waals surface area contributed by atoms with E-state index >= 15 is 0 Å².